The summed E-state index contributed by atoms with van der Waals surface area (Å²) in [5, 5.41) is 2.75. The zero-order valence-electron chi connectivity index (χ0n) is 7.88. The highest BCUT2D eigenvalue weighted by Gasteiger charge is 2.29. The molecule has 4 heteroatoms. The number of nitrogens with one attached hydrogen (secondary N) is 1. The second kappa shape index (κ2) is 4.56. The van der Waals surface area contributed by atoms with Gasteiger partial charge in [-0.05, 0) is 18.8 Å². The van der Waals surface area contributed by atoms with Gasteiger partial charge in [0.1, 0.15) is 0 Å². The molecule has 0 aromatic carbocycles. The van der Waals surface area contributed by atoms with Crippen molar-refractivity contribution < 1.29 is 4.79 Å². The van der Waals surface area contributed by atoms with Crippen molar-refractivity contribution in [2.24, 2.45) is 17.6 Å². The van der Waals surface area contributed by atoms with Crippen molar-refractivity contribution in [3.8, 4) is 0 Å². The lowest BCUT2D eigenvalue weighted by atomic mass is 9.97. The van der Waals surface area contributed by atoms with Gasteiger partial charge in [-0.25, -0.2) is 0 Å². The maximum atomic E-state index is 11.5. The Morgan fingerprint density at radius 3 is 2.77 bits per heavy atom. The molecule has 3 nitrogen and oxygen atoms in total. The fourth-order valence-electron chi connectivity index (χ4n) is 1.84. The predicted octanol–water partition coefficient (Wildman–Crippen LogP) is 0.825. The van der Waals surface area contributed by atoms with Crippen molar-refractivity contribution in [1.29, 1.82) is 0 Å². The van der Waals surface area contributed by atoms with Crippen LogP contribution in [0, 0.1) is 11.8 Å². The fraction of sp³-hybridized carbons (Fsp3) is 0.778. The largest absolute Gasteiger partial charge is 0.392 e. The number of hydrogen-bond acceptors (Lipinski definition) is 2. The van der Waals surface area contributed by atoms with Gasteiger partial charge in [0, 0.05) is 5.92 Å². The van der Waals surface area contributed by atoms with E-state index in [0.29, 0.717) is 17.5 Å². The molecule has 0 bridgehead atoms. The van der Waals surface area contributed by atoms with Crippen LogP contribution in [0.1, 0.15) is 26.2 Å². The molecular weight excluding hydrogens is 184 g/mol. The first kappa shape index (κ1) is 10.4. The Kier molecular flexibility index (Phi) is 3.66. The Labute approximate surface area is 84.1 Å². The lowest BCUT2D eigenvalue weighted by Crippen LogP contribution is -2.37. The summed E-state index contributed by atoms with van der Waals surface area (Å²) in [4.78, 5) is 11.9. The smallest absolute Gasteiger partial charge is 0.223 e. The standard InChI is InChI=1S/C9H16N2OS/c1-6-3-2-4-7(6)9(12)11-5-8(10)13/h6-7H,2-5H2,1H3,(H2,10,13)(H,11,12). The van der Waals surface area contributed by atoms with Crippen molar-refractivity contribution >= 4 is 23.1 Å². The Bertz CT molecular complexity index is 218. The number of rotatable bonds is 3. The third-order valence-corrected chi connectivity index (χ3v) is 2.78. The second-order valence-electron chi connectivity index (χ2n) is 3.70. The van der Waals surface area contributed by atoms with Crippen LogP contribution in [-0.2, 0) is 4.79 Å². The van der Waals surface area contributed by atoms with Gasteiger partial charge >= 0.3 is 0 Å². The molecule has 1 saturated carbocycles. The number of carbonyl (C=O) groups excluding carboxylic acids is 1. The van der Waals surface area contributed by atoms with Gasteiger partial charge in [0.05, 0.1) is 11.5 Å². The third-order valence-electron chi connectivity index (χ3n) is 2.64. The summed E-state index contributed by atoms with van der Waals surface area (Å²) >= 11 is 4.68. The summed E-state index contributed by atoms with van der Waals surface area (Å²) in [5.74, 6) is 0.790. The first-order chi connectivity index (χ1) is 6.11. The minimum Gasteiger partial charge on any atom is -0.392 e. The van der Waals surface area contributed by atoms with Gasteiger partial charge in [0.2, 0.25) is 5.91 Å². The molecule has 0 aromatic heterocycles. The molecule has 0 radical (unpaired) electrons. The molecule has 0 heterocycles. The third kappa shape index (κ3) is 2.95. The maximum Gasteiger partial charge on any atom is 0.223 e. The molecule has 74 valence electrons. The normalized spacial score (nSPS) is 27.2. The molecule has 1 fully saturated rings. The molecule has 0 saturated heterocycles. The van der Waals surface area contributed by atoms with E-state index >= 15 is 0 Å². The van der Waals surface area contributed by atoms with Gasteiger partial charge in [-0.3, -0.25) is 4.79 Å². The lowest BCUT2D eigenvalue weighted by molar-refractivity contribution is -0.125. The molecule has 3 N–H and O–H groups in total. The predicted molar refractivity (Wildman–Crippen MR) is 56.3 cm³/mol. The average Bonchev–Trinajstić information content (AvgIpc) is 2.47. The summed E-state index contributed by atoms with van der Waals surface area (Å²) < 4.78 is 0. The Hall–Kier alpha value is -0.640. The topological polar surface area (TPSA) is 55.1 Å². The Balaban J connectivity index is 2.34. The van der Waals surface area contributed by atoms with Crippen LogP contribution in [0.5, 0.6) is 0 Å². The Morgan fingerprint density at radius 2 is 2.31 bits per heavy atom. The van der Waals surface area contributed by atoms with Crippen LogP contribution in [0.4, 0.5) is 0 Å². The molecule has 0 aliphatic heterocycles. The molecule has 1 aliphatic rings. The molecular formula is C9H16N2OS. The quantitative estimate of drug-likeness (QED) is 0.663. The molecule has 0 spiro atoms. The van der Waals surface area contributed by atoms with E-state index in [1.807, 2.05) is 0 Å². The van der Waals surface area contributed by atoms with E-state index in [0.717, 1.165) is 19.3 Å². The number of carbonyl (C=O) groups is 1. The number of nitrogens with two attached hydrogens (primary N) is 1. The van der Waals surface area contributed by atoms with E-state index < -0.39 is 0 Å². The summed E-state index contributed by atoms with van der Waals surface area (Å²) in [7, 11) is 0. The van der Waals surface area contributed by atoms with Crippen LogP contribution in [0.25, 0.3) is 0 Å². The van der Waals surface area contributed by atoms with E-state index in [1.54, 1.807) is 0 Å². The molecule has 13 heavy (non-hydrogen) atoms. The van der Waals surface area contributed by atoms with Gasteiger partial charge in [-0.1, -0.05) is 25.6 Å². The van der Waals surface area contributed by atoms with E-state index in [1.165, 1.54) is 0 Å². The van der Waals surface area contributed by atoms with Crippen LogP contribution < -0.4 is 11.1 Å². The number of thiocarbonyl (C=S) groups is 1. The maximum absolute atomic E-state index is 11.5. The summed E-state index contributed by atoms with van der Waals surface area (Å²) in [6, 6.07) is 0. The first-order valence-electron chi connectivity index (χ1n) is 4.67. The second-order valence-corrected chi connectivity index (χ2v) is 4.22. The van der Waals surface area contributed by atoms with Gasteiger partial charge in [-0.15, -0.1) is 0 Å². The van der Waals surface area contributed by atoms with Crippen LogP contribution in [-0.4, -0.2) is 17.4 Å². The molecule has 2 atom stereocenters. The highest BCUT2D eigenvalue weighted by atomic mass is 32.1. The van der Waals surface area contributed by atoms with Crippen molar-refractivity contribution in [1.82, 2.24) is 5.32 Å². The molecule has 2 unspecified atom stereocenters. The fourth-order valence-corrected chi connectivity index (χ4v) is 1.91. The SMILES string of the molecule is CC1CCCC1C(=O)NCC(N)=S. The van der Waals surface area contributed by atoms with E-state index in [2.05, 4.69) is 24.5 Å². The van der Waals surface area contributed by atoms with Crippen molar-refractivity contribution in [2.45, 2.75) is 26.2 Å². The zero-order valence-corrected chi connectivity index (χ0v) is 8.69. The van der Waals surface area contributed by atoms with Gasteiger partial charge < -0.3 is 11.1 Å². The highest BCUT2D eigenvalue weighted by molar-refractivity contribution is 7.80. The van der Waals surface area contributed by atoms with E-state index in [9.17, 15) is 4.79 Å². The lowest BCUT2D eigenvalue weighted by Gasteiger charge is -2.14. The summed E-state index contributed by atoms with van der Waals surface area (Å²) in [6.45, 7) is 2.45. The van der Waals surface area contributed by atoms with Crippen LogP contribution >= 0.6 is 12.2 Å². The van der Waals surface area contributed by atoms with E-state index in [4.69, 9.17) is 5.73 Å². The molecule has 1 aliphatic carbocycles. The van der Waals surface area contributed by atoms with E-state index in [-0.39, 0.29) is 11.8 Å². The number of hydrogen-bond donors (Lipinski definition) is 2. The molecule has 1 rings (SSSR count). The van der Waals surface area contributed by atoms with Crippen molar-refractivity contribution in [2.75, 3.05) is 6.54 Å². The molecule has 1 amide bonds. The van der Waals surface area contributed by atoms with Gasteiger partial charge in [-0.2, -0.15) is 0 Å². The highest BCUT2D eigenvalue weighted by Crippen LogP contribution is 2.30. The zero-order chi connectivity index (χ0) is 9.84. The monoisotopic (exact) mass is 200 g/mol. The van der Waals surface area contributed by atoms with Crippen molar-refractivity contribution in [3.63, 3.8) is 0 Å². The Morgan fingerprint density at radius 1 is 1.62 bits per heavy atom. The van der Waals surface area contributed by atoms with Crippen LogP contribution in [0.2, 0.25) is 0 Å². The van der Waals surface area contributed by atoms with Gasteiger partial charge in [0.15, 0.2) is 0 Å². The minimum atomic E-state index is 0.109. The summed E-state index contributed by atoms with van der Waals surface area (Å²) in [5.41, 5.74) is 5.29. The molecule has 0 aromatic rings. The average molecular weight is 200 g/mol. The van der Waals surface area contributed by atoms with Gasteiger partial charge in [0.25, 0.3) is 0 Å². The van der Waals surface area contributed by atoms with Crippen molar-refractivity contribution in [3.05, 3.63) is 0 Å². The summed E-state index contributed by atoms with van der Waals surface area (Å²) in [6.07, 6.45) is 3.32. The van der Waals surface area contributed by atoms with Crippen LogP contribution in [0.3, 0.4) is 0 Å². The number of amides is 1. The first-order valence-corrected chi connectivity index (χ1v) is 5.08. The van der Waals surface area contributed by atoms with Crippen LogP contribution in [0.15, 0.2) is 0 Å². The minimum absolute atomic E-state index is 0.109.